The van der Waals surface area contributed by atoms with Gasteiger partial charge < -0.3 is 5.32 Å². The molecule has 2 heterocycles. The van der Waals surface area contributed by atoms with E-state index in [1.54, 1.807) is 0 Å². The van der Waals surface area contributed by atoms with Crippen LogP contribution in [-0.4, -0.2) is 21.8 Å². The molecule has 2 rings (SSSR count). The summed E-state index contributed by atoms with van der Waals surface area (Å²) in [6, 6.07) is 4.67. The quantitative estimate of drug-likeness (QED) is 0.765. The molecule has 1 N–H and O–H groups in total. The summed E-state index contributed by atoms with van der Waals surface area (Å²) in [6.45, 7) is 4.35. The van der Waals surface area contributed by atoms with E-state index in [2.05, 4.69) is 73.4 Å². The van der Waals surface area contributed by atoms with Gasteiger partial charge in [0.2, 0.25) is 0 Å². The van der Waals surface area contributed by atoms with Crippen LogP contribution in [0.2, 0.25) is 0 Å². The standard InChI is InChI=1S/C15H20Br2N4/c1-4-10(2)21-6-5-12(20-21)8-14(18-3)15-13(17)7-11(16)9-19-15/h5-7,9-10,14,18H,4,8H2,1-3H3. The second-order valence-electron chi connectivity index (χ2n) is 5.11. The van der Waals surface area contributed by atoms with E-state index >= 15 is 0 Å². The first-order valence-corrected chi connectivity index (χ1v) is 8.66. The minimum absolute atomic E-state index is 0.132. The minimum Gasteiger partial charge on any atom is -0.311 e. The van der Waals surface area contributed by atoms with Crippen LogP contribution < -0.4 is 5.32 Å². The molecule has 114 valence electrons. The summed E-state index contributed by atoms with van der Waals surface area (Å²) >= 11 is 7.02. The summed E-state index contributed by atoms with van der Waals surface area (Å²) in [5.41, 5.74) is 2.07. The molecule has 0 aliphatic carbocycles. The highest BCUT2D eigenvalue weighted by Gasteiger charge is 2.17. The van der Waals surface area contributed by atoms with E-state index in [9.17, 15) is 0 Å². The molecule has 2 atom stereocenters. The molecule has 2 unspecified atom stereocenters. The van der Waals surface area contributed by atoms with Gasteiger partial charge >= 0.3 is 0 Å². The summed E-state index contributed by atoms with van der Waals surface area (Å²) in [6.07, 6.45) is 5.77. The predicted octanol–water partition coefficient (Wildman–Crippen LogP) is 4.28. The first-order valence-electron chi connectivity index (χ1n) is 7.07. The molecule has 0 aliphatic rings. The zero-order valence-electron chi connectivity index (χ0n) is 12.5. The van der Waals surface area contributed by atoms with Crippen molar-refractivity contribution in [2.75, 3.05) is 7.05 Å². The topological polar surface area (TPSA) is 42.7 Å². The zero-order valence-corrected chi connectivity index (χ0v) is 15.6. The third-order valence-electron chi connectivity index (χ3n) is 3.63. The van der Waals surface area contributed by atoms with E-state index in [1.165, 1.54) is 0 Å². The monoisotopic (exact) mass is 414 g/mol. The van der Waals surface area contributed by atoms with Gasteiger partial charge in [0.1, 0.15) is 0 Å². The van der Waals surface area contributed by atoms with Gasteiger partial charge in [-0.2, -0.15) is 5.10 Å². The Bertz CT molecular complexity index is 597. The van der Waals surface area contributed by atoms with Crippen LogP contribution in [0, 0.1) is 0 Å². The molecule has 0 saturated carbocycles. The third kappa shape index (κ3) is 4.14. The van der Waals surface area contributed by atoms with Crippen molar-refractivity contribution in [1.29, 1.82) is 0 Å². The van der Waals surface area contributed by atoms with Crippen molar-refractivity contribution in [1.82, 2.24) is 20.1 Å². The maximum Gasteiger partial charge on any atom is 0.0719 e. The van der Waals surface area contributed by atoms with Gasteiger partial charge in [0.05, 0.1) is 17.4 Å². The van der Waals surface area contributed by atoms with Crippen LogP contribution in [0.1, 0.15) is 43.7 Å². The number of hydrogen-bond acceptors (Lipinski definition) is 3. The Morgan fingerprint density at radius 3 is 2.76 bits per heavy atom. The lowest BCUT2D eigenvalue weighted by molar-refractivity contribution is 0.468. The van der Waals surface area contributed by atoms with Crippen LogP contribution in [0.15, 0.2) is 33.5 Å². The number of halogens is 2. The largest absolute Gasteiger partial charge is 0.311 e. The molecule has 2 aromatic heterocycles. The first kappa shape index (κ1) is 16.6. The van der Waals surface area contributed by atoms with Gasteiger partial charge in [0, 0.05) is 33.8 Å². The zero-order chi connectivity index (χ0) is 15.4. The highest BCUT2D eigenvalue weighted by Crippen LogP contribution is 2.26. The van der Waals surface area contributed by atoms with Gasteiger partial charge in [-0.25, -0.2) is 0 Å². The van der Waals surface area contributed by atoms with Crippen molar-refractivity contribution in [2.24, 2.45) is 0 Å². The molecule has 0 radical (unpaired) electrons. The predicted molar refractivity (Wildman–Crippen MR) is 92.4 cm³/mol. The van der Waals surface area contributed by atoms with E-state index in [-0.39, 0.29) is 6.04 Å². The number of likely N-dealkylation sites (N-methyl/N-ethyl adjacent to an activating group) is 1. The Balaban J connectivity index is 2.17. The number of aromatic nitrogens is 3. The van der Waals surface area contributed by atoms with Crippen LogP contribution in [0.25, 0.3) is 0 Å². The molecule has 0 bridgehead atoms. The van der Waals surface area contributed by atoms with Gasteiger partial charge in [-0.05, 0) is 64.4 Å². The van der Waals surface area contributed by atoms with E-state index in [1.807, 2.05) is 24.0 Å². The smallest absolute Gasteiger partial charge is 0.0719 e. The lowest BCUT2D eigenvalue weighted by atomic mass is 10.1. The number of nitrogens with zero attached hydrogens (tertiary/aromatic N) is 3. The molecular formula is C15H20Br2N4. The van der Waals surface area contributed by atoms with E-state index in [0.717, 1.165) is 33.2 Å². The molecule has 0 saturated heterocycles. The fourth-order valence-corrected chi connectivity index (χ4v) is 3.41. The summed E-state index contributed by atoms with van der Waals surface area (Å²) in [7, 11) is 1.95. The van der Waals surface area contributed by atoms with Crippen molar-refractivity contribution >= 4 is 31.9 Å². The van der Waals surface area contributed by atoms with E-state index in [0.29, 0.717) is 6.04 Å². The van der Waals surface area contributed by atoms with Gasteiger partial charge in [-0.3, -0.25) is 9.67 Å². The summed E-state index contributed by atoms with van der Waals surface area (Å²) in [5, 5.41) is 7.99. The maximum atomic E-state index is 4.67. The second kappa shape index (κ2) is 7.51. The number of pyridine rings is 1. The van der Waals surface area contributed by atoms with Crippen molar-refractivity contribution in [2.45, 2.75) is 38.8 Å². The van der Waals surface area contributed by atoms with Crippen molar-refractivity contribution < 1.29 is 0 Å². The van der Waals surface area contributed by atoms with Gasteiger partial charge in [-0.15, -0.1) is 0 Å². The Hall–Kier alpha value is -0.720. The average Bonchev–Trinajstić information content (AvgIpc) is 2.93. The number of hydrogen-bond donors (Lipinski definition) is 1. The fraction of sp³-hybridized carbons (Fsp3) is 0.467. The SMILES string of the molecule is CCC(C)n1ccc(CC(NC)c2ncc(Br)cc2Br)n1. The normalized spacial score (nSPS) is 14.1. The van der Waals surface area contributed by atoms with E-state index in [4.69, 9.17) is 0 Å². The van der Waals surface area contributed by atoms with Gasteiger partial charge in [0.25, 0.3) is 0 Å². The van der Waals surface area contributed by atoms with Gasteiger partial charge in [-0.1, -0.05) is 6.92 Å². The highest BCUT2D eigenvalue weighted by atomic mass is 79.9. The van der Waals surface area contributed by atoms with Crippen LogP contribution >= 0.6 is 31.9 Å². The lowest BCUT2D eigenvalue weighted by Gasteiger charge is -2.16. The van der Waals surface area contributed by atoms with Crippen molar-refractivity contribution in [3.05, 3.63) is 44.9 Å². The Morgan fingerprint density at radius 1 is 1.38 bits per heavy atom. The molecule has 2 aromatic rings. The Morgan fingerprint density at radius 2 is 2.14 bits per heavy atom. The molecule has 0 spiro atoms. The molecule has 6 heteroatoms. The molecule has 4 nitrogen and oxygen atoms in total. The number of nitrogens with one attached hydrogen (secondary N) is 1. The van der Waals surface area contributed by atoms with Gasteiger partial charge in [0.15, 0.2) is 0 Å². The van der Waals surface area contributed by atoms with Crippen molar-refractivity contribution in [3.63, 3.8) is 0 Å². The second-order valence-corrected chi connectivity index (χ2v) is 6.88. The Kier molecular flexibility index (Phi) is 5.96. The fourth-order valence-electron chi connectivity index (χ4n) is 2.14. The molecule has 0 fully saturated rings. The molecule has 0 aromatic carbocycles. The number of rotatable bonds is 6. The van der Waals surface area contributed by atoms with Crippen LogP contribution in [0.5, 0.6) is 0 Å². The summed E-state index contributed by atoms with van der Waals surface area (Å²) < 4.78 is 4.00. The van der Waals surface area contributed by atoms with E-state index < -0.39 is 0 Å². The lowest BCUT2D eigenvalue weighted by Crippen LogP contribution is -2.21. The minimum atomic E-state index is 0.132. The molecular weight excluding hydrogens is 396 g/mol. The first-order chi connectivity index (χ1) is 10.0. The maximum absolute atomic E-state index is 4.67. The Labute approximate surface area is 142 Å². The molecule has 0 aliphatic heterocycles. The average molecular weight is 416 g/mol. The molecule has 0 amide bonds. The third-order valence-corrected chi connectivity index (χ3v) is 4.70. The highest BCUT2D eigenvalue weighted by molar-refractivity contribution is 9.11. The van der Waals surface area contributed by atoms with Crippen LogP contribution in [0.4, 0.5) is 0 Å². The summed E-state index contributed by atoms with van der Waals surface area (Å²) in [4.78, 5) is 4.51. The van der Waals surface area contributed by atoms with Crippen molar-refractivity contribution in [3.8, 4) is 0 Å². The van der Waals surface area contributed by atoms with Crippen LogP contribution in [-0.2, 0) is 6.42 Å². The van der Waals surface area contributed by atoms with Crippen LogP contribution in [0.3, 0.4) is 0 Å². The summed E-state index contributed by atoms with van der Waals surface area (Å²) in [5.74, 6) is 0. The molecule has 21 heavy (non-hydrogen) atoms.